The maximum absolute atomic E-state index is 6.38. The Morgan fingerprint density at radius 1 is 0.909 bits per heavy atom. The van der Waals surface area contributed by atoms with Gasteiger partial charge >= 0.3 is 0 Å². The Balaban J connectivity index is 1.26. The van der Waals surface area contributed by atoms with Crippen LogP contribution in [0.1, 0.15) is 24.2 Å². The molecule has 2 aromatic carbocycles. The molecule has 0 unspecified atom stereocenters. The van der Waals surface area contributed by atoms with Crippen molar-refractivity contribution in [3.63, 3.8) is 0 Å². The number of nitrogens with zero attached hydrogens (tertiary/aromatic N) is 5. The van der Waals surface area contributed by atoms with E-state index >= 15 is 0 Å². The van der Waals surface area contributed by atoms with Crippen molar-refractivity contribution < 1.29 is 4.74 Å². The van der Waals surface area contributed by atoms with Gasteiger partial charge in [0.15, 0.2) is 11.0 Å². The molecule has 2 aliphatic rings. The van der Waals surface area contributed by atoms with Gasteiger partial charge in [-0.15, -0.1) is 10.2 Å². The molecule has 2 aliphatic heterocycles. The van der Waals surface area contributed by atoms with Crippen LogP contribution in [0.4, 0.5) is 0 Å². The molecule has 0 amide bonds. The molecule has 5 rings (SSSR count). The second-order valence-electron chi connectivity index (χ2n) is 8.68. The largest absolute Gasteiger partial charge is 0.375 e. The topological polar surface area (TPSA) is 46.4 Å². The molecular weight excluding hydrogens is 454 g/mol. The van der Waals surface area contributed by atoms with Crippen LogP contribution >= 0.6 is 23.4 Å². The van der Waals surface area contributed by atoms with Crippen LogP contribution in [0.25, 0.3) is 5.69 Å². The van der Waals surface area contributed by atoms with Crippen LogP contribution in [0.2, 0.25) is 5.02 Å². The molecule has 1 aromatic heterocycles. The fraction of sp³-hybridized carbons (Fsp3) is 0.440. The molecule has 0 aliphatic carbocycles. The highest BCUT2D eigenvalue weighted by Gasteiger charge is 2.24. The Hall–Kier alpha value is -1.90. The van der Waals surface area contributed by atoms with Crippen LogP contribution in [0.3, 0.4) is 0 Å². The zero-order valence-electron chi connectivity index (χ0n) is 18.8. The monoisotopic (exact) mass is 483 g/mol. The molecule has 6 nitrogen and oxygen atoms in total. The number of hydrogen-bond acceptors (Lipinski definition) is 6. The molecule has 2 fully saturated rings. The average molecular weight is 484 g/mol. The van der Waals surface area contributed by atoms with Gasteiger partial charge in [-0.1, -0.05) is 59.8 Å². The molecule has 174 valence electrons. The first-order chi connectivity index (χ1) is 16.3. The number of halogens is 1. The number of thioether (sulfide) groups is 1. The molecule has 1 atom stereocenters. The molecule has 0 saturated carbocycles. The normalized spacial score (nSPS) is 19.8. The third-order valence-electron chi connectivity index (χ3n) is 6.25. The Kier molecular flexibility index (Phi) is 7.64. The zero-order valence-corrected chi connectivity index (χ0v) is 20.3. The van der Waals surface area contributed by atoms with Gasteiger partial charge in [-0.05, 0) is 49.7 Å². The maximum Gasteiger partial charge on any atom is 0.195 e. The summed E-state index contributed by atoms with van der Waals surface area (Å²) in [4.78, 5) is 4.89. The molecule has 0 radical (unpaired) electrons. The van der Waals surface area contributed by atoms with Gasteiger partial charge in [0.2, 0.25) is 0 Å². The second kappa shape index (κ2) is 11.0. The predicted octanol–water partition coefficient (Wildman–Crippen LogP) is 4.51. The summed E-state index contributed by atoms with van der Waals surface area (Å²) in [5, 5.41) is 10.9. The number of aromatic nitrogens is 3. The van der Waals surface area contributed by atoms with Crippen molar-refractivity contribution in [2.45, 2.75) is 37.2 Å². The lowest BCUT2D eigenvalue weighted by Crippen LogP contribution is -2.43. The number of para-hydroxylation sites is 1. The van der Waals surface area contributed by atoms with E-state index in [2.05, 4.69) is 54.9 Å². The number of rotatable bonds is 8. The van der Waals surface area contributed by atoms with Crippen molar-refractivity contribution in [1.29, 1.82) is 0 Å². The van der Waals surface area contributed by atoms with Crippen molar-refractivity contribution in [2.24, 2.45) is 0 Å². The van der Waals surface area contributed by atoms with Crippen molar-refractivity contribution in [3.05, 3.63) is 71.0 Å². The van der Waals surface area contributed by atoms with Gasteiger partial charge in [0.25, 0.3) is 0 Å². The lowest BCUT2D eigenvalue weighted by Gasteiger charge is -2.33. The van der Waals surface area contributed by atoms with Crippen LogP contribution in [0.5, 0.6) is 0 Å². The molecule has 33 heavy (non-hydrogen) atoms. The van der Waals surface area contributed by atoms with Crippen LogP contribution < -0.4 is 0 Å². The lowest BCUT2D eigenvalue weighted by molar-refractivity contribution is -0.0187. The number of morpholine rings is 1. The summed E-state index contributed by atoms with van der Waals surface area (Å²) in [6, 6.07) is 18.5. The third-order valence-corrected chi connectivity index (χ3v) is 7.68. The summed E-state index contributed by atoms with van der Waals surface area (Å²) in [5.74, 6) is 1.85. The predicted molar refractivity (Wildman–Crippen MR) is 133 cm³/mol. The summed E-state index contributed by atoms with van der Waals surface area (Å²) in [6.07, 6.45) is 2.68. The van der Waals surface area contributed by atoms with E-state index in [1.165, 1.54) is 18.4 Å². The summed E-state index contributed by atoms with van der Waals surface area (Å²) in [5.41, 5.74) is 2.28. The van der Waals surface area contributed by atoms with E-state index in [-0.39, 0.29) is 6.10 Å². The molecule has 2 saturated heterocycles. The quantitative estimate of drug-likeness (QED) is 0.439. The van der Waals surface area contributed by atoms with Gasteiger partial charge in [-0.2, -0.15) is 0 Å². The smallest absolute Gasteiger partial charge is 0.195 e. The van der Waals surface area contributed by atoms with Crippen LogP contribution in [-0.4, -0.2) is 69.2 Å². The Labute approximate surface area is 204 Å². The minimum Gasteiger partial charge on any atom is -0.375 e. The fourth-order valence-electron chi connectivity index (χ4n) is 4.53. The zero-order chi connectivity index (χ0) is 22.5. The van der Waals surface area contributed by atoms with Gasteiger partial charge < -0.3 is 4.74 Å². The molecule has 8 heteroatoms. The number of hydrogen-bond donors (Lipinski definition) is 0. The van der Waals surface area contributed by atoms with Crippen LogP contribution in [0, 0.1) is 0 Å². The van der Waals surface area contributed by atoms with E-state index in [0.717, 1.165) is 73.3 Å². The third kappa shape index (κ3) is 5.78. The maximum atomic E-state index is 6.38. The van der Waals surface area contributed by atoms with Gasteiger partial charge in [-0.25, -0.2) is 0 Å². The highest BCUT2D eigenvalue weighted by molar-refractivity contribution is 7.99. The summed E-state index contributed by atoms with van der Waals surface area (Å²) in [6.45, 7) is 6.52. The molecular formula is C25H30ClN5OS. The van der Waals surface area contributed by atoms with E-state index in [1.807, 2.05) is 24.3 Å². The molecule has 3 heterocycles. The minimum absolute atomic E-state index is 0.147. The first kappa shape index (κ1) is 22.9. The van der Waals surface area contributed by atoms with Crippen molar-refractivity contribution in [1.82, 2.24) is 24.6 Å². The number of benzene rings is 2. The van der Waals surface area contributed by atoms with Crippen molar-refractivity contribution >= 4 is 23.4 Å². The summed E-state index contributed by atoms with van der Waals surface area (Å²) in [7, 11) is 0. The summed E-state index contributed by atoms with van der Waals surface area (Å²) >= 11 is 8.11. The van der Waals surface area contributed by atoms with E-state index < -0.39 is 0 Å². The SMILES string of the molecule is Clc1ccccc1CN1CCO[C@H](CSc2nnc(CN3CCCC3)n2-c2ccccc2)C1. The van der Waals surface area contributed by atoms with Crippen molar-refractivity contribution in [3.8, 4) is 5.69 Å². The first-order valence-electron chi connectivity index (χ1n) is 11.7. The van der Waals surface area contributed by atoms with Gasteiger partial charge in [0.1, 0.15) is 0 Å². The van der Waals surface area contributed by atoms with Gasteiger partial charge in [0, 0.05) is 36.1 Å². The number of likely N-dealkylation sites (tertiary alicyclic amines) is 1. The molecule has 0 spiro atoms. The van der Waals surface area contributed by atoms with E-state index in [1.54, 1.807) is 11.8 Å². The lowest BCUT2D eigenvalue weighted by atomic mass is 10.2. The van der Waals surface area contributed by atoms with E-state index in [0.29, 0.717) is 0 Å². The van der Waals surface area contributed by atoms with E-state index in [4.69, 9.17) is 16.3 Å². The Bertz CT molecular complexity index is 1040. The minimum atomic E-state index is 0.147. The van der Waals surface area contributed by atoms with Crippen LogP contribution in [-0.2, 0) is 17.8 Å². The van der Waals surface area contributed by atoms with Crippen molar-refractivity contribution in [2.75, 3.05) is 38.5 Å². The highest BCUT2D eigenvalue weighted by atomic mass is 35.5. The molecule has 0 bridgehead atoms. The molecule has 3 aromatic rings. The highest BCUT2D eigenvalue weighted by Crippen LogP contribution is 2.26. The first-order valence-corrected chi connectivity index (χ1v) is 13.0. The number of ether oxygens (including phenoxy) is 1. The summed E-state index contributed by atoms with van der Waals surface area (Å²) < 4.78 is 8.31. The fourth-order valence-corrected chi connectivity index (χ4v) is 5.70. The standard InChI is InChI=1S/C25H30ClN5OS/c26-23-11-5-4-8-20(23)16-30-14-15-32-22(17-30)19-33-25-28-27-24(18-29-12-6-7-13-29)31(25)21-9-2-1-3-10-21/h1-5,8-11,22H,6-7,12-19H2/t22-/m0/s1. The Morgan fingerprint density at radius 3 is 2.52 bits per heavy atom. The Morgan fingerprint density at radius 2 is 1.70 bits per heavy atom. The van der Waals surface area contributed by atoms with E-state index in [9.17, 15) is 0 Å². The second-order valence-corrected chi connectivity index (χ2v) is 10.1. The average Bonchev–Trinajstić information content (AvgIpc) is 3.50. The van der Waals surface area contributed by atoms with Crippen LogP contribution in [0.15, 0.2) is 59.8 Å². The van der Waals surface area contributed by atoms with Gasteiger partial charge in [0.05, 0.1) is 19.3 Å². The van der Waals surface area contributed by atoms with Gasteiger partial charge in [-0.3, -0.25) is 14.4 Å². The molecule has 0 N–H and O–H groups in total.